The minimum absolute atomic E-state index is 0.218. The molecule has 1 saturated heterocycles. The number of likely N-dealkylation sites (tertiary alicyclic amines) is 1. The monoisotopic (exact) mass is 437 g/mol. The number of hydrogen-bond acceptors (Lipinski definition) is 5. The van der Waals surface area contributed by atoms with E-state index in [1.807, 2.05) is 36.8 Å². The second kappa shape index (κ2) is 9.43. The third-order valence-corrected chi connectivity index (χ3v) is 6.54. The van der Waals surface area contributed by atoms with Crippen LogP contribution in [0.25, 0.3) is 33.3 Å². The van der Waals surface area contributed by atoms with Crippen molar-refractivity contribution < 1.29 is 4.74 Å². The van der Waals surface area contributed by atoms with Crippen LogP contribution in [0.2, 0.25) is 0 Å². The topological polar surface area (TPSA) is 67.0 Å². The molecule has 3 aromatic heterocycles. The summed E-state index contributed by atoms with van der Waals surface area (Å²) in [5, 5.41) is 9.14. The van der Waals surface area contributed by atoms with Crippen molar-refractivity contribution in [3.63, 3.8) is 0 Å². The lowest BCUT2D eigenvalue weighted by atomic mass is 9.99. The molecule has 1 aliphatic heterocycles. The number of benzene rings is 1. The van der Waals surface area contributed by atoms with Crippen LogP contribution in [-0.4, -0.2) is 46.2 Å². The van der Waals surface area contributed by atoms with Gasteiger partial charge in [-0.05, 0) is 61.8 Å². The highest BCUT2D eigenvalue weighted by Crippen LogP contribution is 2.32. The van der Waals surface area contributed by atoms with Crippen LogP contribution in [0.1, 0.15) is 12.8 Å². The van der Waals surface area contributed by atoms with E-state index < -0.39 is 0 Å². The van der Waals surface area contributed by atoms with Gasteiger partial charge in [0.15, 0.2) is 0 Å². The molecule has 0 atom stereocenters. The number of nitrogens with zero attached hydrogens (tertiary/aromatic N) is 5. The maximum Gasteiger partial charge on any atom is 0.118 e. The second-order valence-electron chi connectivity index (χ2n) is 8.54. The summed E-state index contributed by atoms with van der Waals surface area (Å²) in [5.74, 6) is 1.06. The van der Waals surface area contributed by atoms with Crippen LogP contribution < -0.4 is 4.74 Å². The van der Waals surface area contributed by atoms with E-state index in [-0.39, 0.29) is 5.92 Å². The third kappa shape index (κ3) is 4.46. The SMILES string of the molecule is COc1ccc(-c2cncc(-c3cn(CCN4CCC(C#N)CC4)c4cccnc34)c2)cc1. The Morgan fingerprint density at radius 1 is 1.03 bits per heavy atom. The lowest BCUT2D eigenvalue weighted by Gasteiger charge is -2.29. The molecular formula is C27H27N5O. The van der Waals surface area contributed by atoms with Gasteiger partial charge in [0.1, 0.15) is 5.75 Å². The zero-order chi connectivity index (χ0) is 22.6. The molecule has 6 heteroatoms. The van der Waals surface area contributed by atoms with Gasteiger partial charge in [-0.25, -0.2) is 0 Å². The molecule has 0 radical (unpaired) electrons. The highest BCUT2D eigenvalue weighted by Gasteiger charge is 2.19. The molecule has 166 valence electrons. The molecule has 0 unspecified atom stereocenters. The van der Waals surface area contributed by atoms with E-state index in [4.69, 9.17) is 15.0 Å². The first-order chi connectivity index (χ1) is 16.2. The lowest BCUT2D eigenvalue weighted by molar-refractivity contribution is 0.200. The Kier molecular flexibility index (Phi) is 6.05. The van der Waals surface area contributed by atoms with Gasteiger partial charge in [-0.1, -0.05) is 12.1 Å². The highest BCUT2D eigenvalue weighted by molar-refractivity contribution is 5.93. The predicted molar refractivity (Wildman–Crippen MR) is 130 cm³/mol. The number of ether oxygens (including phenoxy) is 1. The average Bonchev–Trinajstić information content (AvgIpc) is 3.27. The Morgan fingerprint density at radius 3 is 2.58 bits per heavy atom. The van der Waals surface area contributed by atoms with Crippen LogP contribution >= 0.6 is 0 Å². The number of piperidine rings is 1. The first-order valence-corrected chi connectivity index (χ1v) is 11.4. The van der Waals surface area contributed by atoms with Crippen LogP contribution in [0.4, 0.5) is 0 Å². The van der Waals surface area contributed by atoms with Crippen molar-refractivity contribution in [1.82, 2.24) is 19.4 Å². The minimum Gasteiger partial charge on any atom is -0.497 e. The number of nitriles is 1. The Hall–Kier alpha value is -3.69. The number of rotatable bonds is 6. The van der Waals surface area contributed by atoms with Crippen LogP contribution in [-0.2, 0) is 6.54 Å². The molecule has 0 saturated carbocycles. The van der Waals surface area contributed by atoms with E-state index in [2.05, 4.69) is 51.0 Å². The summed E-state index contributed by atoms with van der Waals surface area (Å²) in [7, 11) is 1.67. The molecule has 0 spiro atoms. The summed E-state index contributed by atoms with van der Waals surface area (Å²) in [6.07, 6.45) is 9.80. The van der Waals surface area contributed by atoms with Crippen LogP contribution in [0, 0.1) is 17.2 Å². The van der Waals surface area contributed by atoms with Crippen molar-refractivity contribution in [2.75, 3.05) is 26.7 Å². The van der Waals surface area contributed by atoms with Gasteiger partial charge in [-0.2, -0.15) is 5.26 Å². The predicted octanol–water partition coefficient (Wildman–Crippen LogP) is 5.01. The van der Waals surface area contributed by atoms with Gasteiger partial charge < -0.3 is 14.2 Å². The number of hydrogen-bond donors (Lipinski definition) is 0. The standard InChI is InChI=1S/C27H27N5O/c1-33-24-6-4-21(5-7-24)22-15-23(18-29-17-22)25-19-32(26-3-2-10-30-27(25)26)14-13-31-11-8-20(16-28)9-12-31/h2-7,10,15,17-20H,8-9,11-14H2,1H3. The van der Waals surface area contributed by atoms with Crippen molar-refractivity contribution in [3.8, 4) is 34.1 Å². The van der Waals surface area contributed by atoms with Gasteiger partial charge in [0, 0.05) is 60.5 Å². The maximum atomic E-state index is 9.14. The summed E-state index contributed by atoms with van der Waals surface area (Å²) >= 11 is 0. The fraction of sp³-hybridized carbons (Fsp3) is 0.296. The largest absolute Gasteiger partial charge is 0.497 e. The van der Waals surface area contributed by atoms with Crippen molar-refractivity contribution >= 4 is 11.0 Å². The Morgan fingerprint density at radius 2 is 1.82 bits per heavy atom. The summed E-state index contributed by atoms with van der Waals surface area (Å²) < 4.78 is 7.58. The van der Waals surface area contributed by atoms with E-state index >= 15 is 0 Å². The number of aromatic nitrogens is 3. The summed E-state index contributed by atoms with van der Waals surface area (Å²) in [6, 6.07) is 16.8. The molecule has 1 fully saturated rings. The van der Waals surface area contributed by atoms with Crippen molar-refractivity contribution in [2.24, 2.45) is 5.92 Å². The molecular weight excluding hydrogens is 410 g/mol. The van der Waals surface area contributed by atoms with Gasteiger partial charge in [0.05, 0.1) is 24.2 Å². The molecule has 4 aromatic rings. The number of fused-ring (bicyclic) bond motifs is 1. The Bertz CT molecular complexity index is 1280. The number of methoxy groups -OCH3 is 1. The normalized spacial score (nSPS) is 14.9. The van der Waals surface area contributed by atoms with E-state index in [9.17, 15) is 0 Å². The van der Waals surface area contributed by atoms with Gasteiger partial charge >= 0.3 is 0 Å². The van der Waals surface area contributed by atoms with E-state index in [0.717, 1.165) is 78.1 Å². The molecule has 33 heavy (non-hydrogen) atoms. The van der Waals surface area contributed by atoms with E-state index in [0.29, 0.717) is 0 Å². The van der Waals surface area contributed by atoms with Gasteiger partial charge in [0.25, 0.3) is 0 Å². The number of pyridine rings is 2. The lowest BCUT2D eigenvalue weighted by Crippen LogP contribution is -2.35. The maximum absolute atomic E-state index is 9.14. The molecule has 0 aliphatic carbocycles. The van der Waals surface area contributed by atoms with Crippen molar-refractivity contribution in [1.29, 1.82) is 5.26 Å². The Balaban J connectivity index is 1.41. The zero-order valence-corrected chi connectivity index (χ0v) is 18.8. The highest BCUT2D eigenvalue weighted by atomic mass is 16.5. The molecule has 5 rings (SSSR count). The summed E-state index contributed by atoms with van der Waals surface area (Å²) in [6.45, 7) is 3.86. The summed E-state index contributed by atoms with van der Waals surface area (Å²) in [4.78, 5) is 11.7. The molecule has 0 bridgehead atoms. The smallest absolute Gasteiger partial charge is 0.118 e. The van der Waals surface area contributed by atoms with Crippen molar-refractivity contribution in [2.45, 2.75) is 19.4 Å². The van der Waals surface area contributed by atoms with Gasteiger partial charge in [-0.15, -0.1) is 0 Å². The zero-order valence-electron chi connectivity index (χ0n) is 18.8. The van der Waals surface area contributed by atoms with Gasteiger partial charge in [0.2, 0.25) is 0 Å². The molecule has 1 aliphatic rings. The molecule has 0 amide bonds. The average molecular weight is 438 g/mol. The van der Waals surface area contributed by atoms with Crippen LogP contribution in [0.3, 0.4) is 0 Å². The molecule has 4 heterocycles. The fourth-order valence-electron chi connectivity index (χ4n) is 4.58. The van der Waals surface area contributed by atoms with E-state index in [1.165, 1.54) is 0 Å². The summed E-state index contributed by atoms with van der Waals surface area (Å²) in [5.41, 5.74) is 6.44. The molecule has 1 aromatic carbocycles. The van der Waals surface area contributed by atoms with Crippen molar-refractivity contribution in [3.05, 3.63) is 67.3 Å². The second-order valence-corrected chi connectivity index (χ2v) is 8.54. The molecule has 0 N–H and O–H groups in total. The van der Waals surface area contributed by atoms with Gasteiger partial charge in [-0.3, -0.25) is 9.97 Å². The first-order valence-electron chi connectivity index (χ1n) is 11.4. The quantitative estimate of drug-likeness (QED) is 0.424. The fourth-order valence-corrected chi connectivity index (χ4v) is 4.58. The first kappa shape index (κ1) is 21.2. The third-order valence-electron chi connectivity index (χ3n) is 6.54. The molecule has 6 nitrogen and oxygen atoms in total. The minimum atomic E-state index is 0.218. The van der Waals surface area contributed by atoms with Crippen LogP contribution in [0.15, 0.2) is 67.3 Å². The Labute approximate surface area is 194 Å². The van der Waals surface area contributed by atoms with E-state index in [1.54, 1.807) is 7.11 Å². The van der Waals surface area contributed by atoms with Crippen LogP contribution in [0.5, 0.6) is 5.75 Å².